The standard InChI is InChI=1S/C38H46N5O15P/c1-7-32(44)55-25-12-9-22(15-29(25)49-3)27(17-34(46)51-5)57-59(48,53-19-24-11-14-31(54-24)43-21-42-36-37(39)40-20-41-38(36)43)58-28(18-35(47)52-6)23-10-13-26(30(16-23)50-4)56-33(45)8-2/h9-10,12-13,15-16,20-21,24,27-28,31H,7-8,11,14,17-19H2,1-6H3,(H2,39,40,41). The SMILES string of the molecule is CCC(=O)Oc1ccc(C(CC(=O)OC)OP(=O)(OCC2CCC(n3cnc4c(N)ncnc43)O2)OC(CC(=O)OC)c2ccc(OC(=O)CC)c(OC)c2)cc1OC. The summed E-state index contributed by atoms with van der Waals surface area (Å²) in [5.74, 6) is -1.98. The maximum Gasteiger partial charge on any atom is 0.476 e. The van der Waals surface area contributed by atoms with Crippen LogP contribution in [0.15, 0.2) is 49.1 Å². The Morgan fingerprint density at radius 3 is 1.81 bits per heavy atom. The summed E-state index contributed by atoms with van der Waals surface area (Å²) in [5, 5.41) is 0. The van der Waals surface area contributed by atoms with Gasteiger partial charge in [-0.1, -0.05) is 26.0 Å². The average Bonchev–Trinajstić information content (AvgIpc) is 3.90. The maximum atomic E-state index is 15.1. The zero-order valence-electron chi connectivity index (χ0n) is 33.3. The lowest BCUT2D eigenvalue weighted by molar-refractivity contribution is -0.143. The van der Waals surface area contributed by atoms with Gasteiger partial charge in [0, 0.05) is 12.8 Å². The number of benzene rings is 2. The summed E-state index contributed by atoms with van der Waals surface area (Å²) in [6.45, 7) is 2.90. The molecule has 0 aliphatic carbocycles. The van der Waals surface area contributed by atoms with Gasteiger partial charge in [0.05, 0.1) is 60.3 Å². The van der Waals surface area contributed by atoms with Crippen LogP contribution in [-0.2, 0) is 51.5 Å². The number of fused-ring (bicyclic) bond motifs is 1. The number of methoxy groups -OCH3 is 4. The van der Waals surface area contributed by atoms with Crippen LogP contribution < -0.4 is 24.7 Å². The lowest BCUT2D eigenvalue weighted by Gasteiger charge is -2.28. The number of nitrogen functional groups attached to an aromatic ring is 1. The van der Waals surface area contributed by atoms with Crippen molar-refractivity contribution in [3.05, 3.63) is 60.2 Å². The zero-order valence-corrected chi connectivity index (χ0v) is 34.2. The minimum absolute atomic E-state index is 0.0866. The van der Waals surface area contributed by atoms with Crippen molar-refractivity contribution < 1.29 is 70.5 Å². The summed E-state index contributed by atoms with van der Waals surface area (Å²) < 4.78 is 73.0. The Bertz CT molecular complexity index is 2080. The third-order valence-corrected chi connectivity index (χ3v) is 10.5. The number of nitrogens with zero attached hydrogens (tertiary/aromatic N) is 4. The molecule has 1 saturated heterocycles. The third kappa shape index (κ3) is 11.3. The number of aromatic nitrogens is 4. The van der Waals surface area contributed by atoms with Gasteiger partial charge in [-0.15, -0.1) is 0 Å². The van der Waals surface area contributed by atoms with Crippen LogP contribution in [0.25, 0.3) is 11.2 Å². The number of anilines is 1. The predicted molar refractivity (Wildman–Crippen MR) is 205 cm³/mol. The molecule has 1 aliphatic rings. The molecule has 1 fully saturated rings. The van der Waals surface area contributed by atoms with E-state index in [0.717, 1.165) is 0 Å². The molecule has 0 saturated carbocycles. The Balaban J connectivity index is 1.51. The number of phosphoric ester groups is 1. The summed E-state index contributed by atoms with van der Waals surface area (Å²) in [6.07, 6.45) is -1.07. The molecule has 4 unspecified atom stereocenters. The largest absolute Gasteiger partial charge is 0.493 e. The normalized spacial score (nSPS) is 17.1. The summed E-state index contributed by atoms with van der Waals surface area (Å²) in [4.78, 5) is 62.4. The molecule has 0 radical (unpaired) electrons. The molecule has 0 bridgehead atoms. The second-order valence-corrected chi connectivity index (χ2v) is 14.4. The van der Waals surface area contributed by atoms with E-state index in [9.17, 15) is 19.2 Å². The molecule has 2 N–H and O–H groups in total. The van der Waals surface area contributed by atoms with E-state index in [1.165, 1.54) is 77.5 Å². The van der Waals surface area contributed by atoms with Crippen LogP contribution in [0.2, 0.25) is 0 Å². The number of phosphoric acid groups is 1. The number of carbonyl (C=O) groups is 4. The van der Waals surface area contributed by atoms with Crippen LogP contribution in [0.3, 0.4) is 0 Å². The van der Waals surface area contributed by atoms with Crippen molar-refractivity contribution in [1.82, 2.24) is 19.5 Å². The third-order valence-electron chi connectivity index (χ3n) is 9.02. The van der Waals surface area contributed by atoms with E-state index in [4.69, 9.17) is 52.5 Å². The summed E-state index contributed by atoms with van der Waals surface area (Å²) in [7, 11) is 0.120. The van der Waals surface area contributed by atoms with Crippen LogP contribution in [-0.4, -0.2) is 84.5 Å². The molecule has 2 aromatic heterocycles. The average molecular weight is 844 g/mol. The van der Waals surface area contributed by atoms with Gasteiger partial charge in [-0.3, -0.25) is 37.3 Å². The van der Waals surface area contributed by atoms with Gasteiger partial charge in [0.25, 0.3) is 0 Å². The van der Waals surface area contributed by atoms with Gasteiger partial charge in [0.2, 0.25) is 0 Å². The fourth-order valence-corrected chi connectivity index (χ4v) is 7.43. The first-order valence-corrected chi connectivity index (χ1v) is 19.9. The highest BCUT2D eigenvalue weighted by atomic mass is 31.2. The minimum Gasteiger partial charge on any atom is -0.493 e. The zero-order chi connectivity index (χ0) is 42.7. The van der Waals surface area contributed by atoms with Crippen molar-refractivity contribution in [1.29, 1.82) is 0 Å². The summed E-state index contributed by atoms with van der Waals surface area (Å²) >= 11 is 0. The van der Waals surface area contributed by atoms with Crippen LogP contribution in [0.1, 0.15) is 81.9 Å². The first-order valence-electron chi connectivity index (χ1n) is 18.4. The van der Waals surface area contributed by atoms with Crippen molar-refractivity contribution in [2.75, 3.05) is 40.8 Å². The molecular formula is C38H46N5O15P. The van der Waals surface area contributed by atoms with Gasteiger partial charge >= 0.3 is 31.7 Å². The van der Waals surface area contributed by atoms with Crippen molar-refractivity contribution in [3.8, 4) is 23.0 Å². The summed E-state index contributed by atoms with van der Waals surface area (Å²) in [6, 6.07) is 8.66. The van der Waals surface area contributed by atoms with E-state index in [1.807, 2.05) is 0 Å². The Hall–Kier alpha value is -5.66. The number of rotatable bonds is 20. The first kappa shape index (κ1) is 44.4. The van der Waals surface area contributed by atoms with E-state index >= 15 is 4.57 Å². The van der Waals surface area contributed by atoms with Crippen molar-refractivity contribution in [2.45, 2.75) is 76.9 Å². The fourth-order valence-electron chi connectivity index (χ4n) is 5.90. The fraction of sp³-hybridized carbons (Fsp3) is 0.447. The van der Waals surface area contributed by atoms with Gasteiger partial charge in [-0.2, -0.15) is 0 Å². The van der Waals surface area contributed by atoms with Gasteiger partial charge in [-0.25, -0.2) is 19.5 Å². The number of carbonyl (C=O) groups excluding carboxylic acids is 4. The van der Waals surface area contributed by atoms with Crippen LogP contribution in [0.5, 0.6) is 23.0 Å². The second-order valence-electron chi connectivity index (χ2n) is 12.8. The maximum absolute atomic E-state index is 15.1. The summed E-state index contributed by atoms with van der Waals surface area (Å²) in [5.41, 5.74) is 7.29. The lowest BCUT2D eigenvalue weighted by Crippen LogP contribution is -2.20. The Kier molecular flexibility index (Phi) is 15.3. The van der Waals surface area contributed by atoms with Crippen LogP contribution >= 0.6 is 7.82 Å². The van der Waals surface area contributed by atoms with E-state index in [2.05, 4.69) is 15.0 Å². The first-order chi connectivity index (χ1) is 28.3. The van der Waals surface area contributed by atoms with Crippen molar-refractivity contribution >= 4 is 48.7 Å². The number of ether oxygens (including phenoxy) is 7. The molecule has 4 atom stereocenters. The monoisotopic (exact) mass is 843 g/mol. The van der Waals surface area contributed by atoms with Crippen LogP contribution in [0.4, 0.5) is 5.82 Å². The van der Waals surface area contributed by atoms with Crippen molar-refractivity contribution in [3.63, 3.8) is 0 Å². The minimum atomic E-state index is -4.90. The molecule has 318 valence electrons. The van der Waals surface area contributed by atoms with Gasteiger partial charge in [0.1, 0.15) is 30.3 Å². The Morgan fingerprint density at radius 2 is 1.32 bits per heavy atom. The number of hydrogen-bond donors (Lipinski definition) is 1. The highest BCUT2D eigenvalue weighted by Crippen LogP contribution is 2.58. The highest BCUT2D eigenvalue weighted by Gasteiger charge is 2.40. The second kappa shape index (κ2) is 20.3. The molecule has 4 aromatic rings. The van der Waals surface area contributed by atoms with E-state index in [1.54, 1.807) is 18.4 Å². The molecule has 2 aromatic carbocycles. The predicted octanol–water partition coefficient (Wildman–Crippen LogP) is 5.50. The van der Waals surface area contributed by atoms with Gasteiger partial charge in [0.15, 0.2) is 34.5 Å². The molecule has 21 heteroatoms. The molecule has 0 spiro atoms. The van der Waals surface area contributed by atoms with Gasteiger partial charge in [-0.05, 0) is 48.2 Å². The molecule has 0 amide bonds. The van der Waals surface area contributed by atoms with Crippen molar-refractivity contribution in [2.24, 2.45) is 0 Å². The molecule has 20 nitrogen and oxygen atoms in total. The number of hydrogen-bond acceptors (Lipinski definition) is 19. The molecular weight excluding hydrogens is 797 g/mol. The highest BCUT2D eigenvalue weighted by molar-refractivity contribution is 7.48. The Labute approximate surface area is 339 Å². The molecule has 1 aliphatic heterocycles. The quantitative estimate of drug-likeness (QED) is 0.0655. The van der Waals surface area contributed by atoms with Crippen LogP contribution in [0, 0.1) is 0 Å². The number of imidazole rings is 1. The van der Waals surface area contributed by atoms with E-state index < -0.39 is 69.1 Å². The Morgan fingerprint density at radius 1 is 0.780 bits per heavy atom. The van der Waals surface area contributed by atoms with E-state index in [0.29, 0.717) is 24.0 Å². The molecule has 59 heavy (non-hydrogen) atoms. The van der Waals surface area contributed by atoms with E-state index in [-0.39, 0.29) is 59.4 Å². The topological polar surface area (TPSA) is 247 Å². The lowest BCUT2D eigenvalue weighted by atomic mass is 10.1. The molecule has 3 heterocycles. The smallest absolute Gasteiger partial charge is 0.476 e. The number of esters is 4. The van der Waals surface area contributed by atoms with Gasteiger partial charge < -0.3 is 38.9 Å². The molecule has 5 rings (SSSR count). The number of nitrogens with two attached hydrogens (primary N) is 1.